The molecule has 0 heterocycles. The minimum Gasteiger partial charge on any atom is -0.544 e. The molecule has 4 nitrogen and oxygen atoms in total. The molecule has 0 N–H and O–H groups in total. The second-order valence-corrected chi connectivity index (χ2v) is 3.82. The van der Waals surface area contributed by atoms with Crippen molar-refractivity contribution in [1.29, 1.82) is 0 Å². The number of hydrogen-bond donors (Lipinski definition) is 0. The van der Waals surface area contributed by atoms with Gasteiger partial charge in [0, 0.05) is 0 Å². The van der Waals surface area contributed by atoms with Gasteiger partial charge in [-0.15, -0.1) is 0 Å². The molecule has 0 radical (unpaired) electrons. The fraction of sp³-hybridized carbons (Fsp3) is 0.750. The lowest BCUT2D eigenvalue weighted by Crippen LogP contribution is -2.45. The van der Waals surface area contributed by atoms with Crippen molar-refractivity contribution in [3.8, 4) is 0 Å². The van der Waals surface area contributed by atoms with Gasteiger partial charge in [0.05, 0.1) is 5.41 Å². The Hall–Kier alpha value is -1.20. The van der Waals surface area contributed by atoms with E-state index in [0.29, 0.717) is 0 Å². The van der Waals surface area contributed by atoms with Gasteiger partial charge in [0.1, 0.15) is 5.97 Å². The molecule has 0 aromatic heterocycles. The summed E-state index contributed by atoms with van der Waals surface area (Å²) in [5, 5.41) is 9.83. The van der Waals surface area contributed by atoms with E-state index in [1.807, 2.05) is 0 Å². The Labute approximate surface area is 79.9 Å². The number of halogens is 2. The predicted molar refractivity (Wildman–Crippen MR) is 40.4 cm³/mol. The van der Waals surface area contributed by atoms with Crippen LogP contribution in [0.2, 0.25) is 0 Å². The molecule has 14 heavy (non-hydrogen) atoms. The summed E-state index contributed by atoms with van der Waals surface area (Å²) in [4.78, 5) is 20.8. The first kappa shape index (κ1) is 12.8. The van der Waals surface area contributed by atoms with E-state index in [4.69, 9.17) is 0 Å². The van der Waals surface area contributed by atoms with Gasteiger partial charge >= 0.3 is 11.9 Å². The summed E-state index contributed by atoms with van der Waals surface area (Å²) in [7, 11) is 0. The van der Waals surface area contributed by atoms with E-state index >= 15 is 0 Å². The van der Waals surface area contributed by atoms with Gasteiger partial charge in [0.2, 0.25) is 0 Å². The van der Waals surface area contributed by atoms with Crippen LogP contribution in [0.1, 0.15) is 20.8 Å². The Balaban J connectivity index is 4.21. The number of hydrogen-bond acceptors (Lipinski definition) is 4. The van der Waals surface area contributed by atoms with Gasteiger partial charge in [0.15, 0.2) is 6.61 Å². The summed E-state index contributed by atoms with van der Waals surface area (Å²) in [6, 6.07) is 0. The third-order valence-electron chi connectivity index (χ3n) is 1.30. The lowest BCUT2D eigenvalue weighted by atomic mass is 9.97. The Morgan fingerprint density at radius 2 is 1.71 bits per heavy atom. The number of alkyl halides is 2. The molecule has 0 atom stereocenters. The second-order valence-electron chi connectivity index (χ2n) is 3.82. The number of aliphatic carboxylic acids is 1. The number of esters is 1. The maximum atomic E-state index is 12.4. The summed E-state index contributed by atoms with van der Waals surface area (Å²) in [6.45, 7) is 2.90. The third-order valence-corrected chi connectivity index (χ3v) is 1.30. The Bertz CT molecular complexity index is 242. The molecule has 0 aromatic carbocycles. The zero-order valence-corrected chi connectivity index (χ0v) is 8.10. The van der Waals surface area contributed by atoms with Crippen molar-refractivity contribution in [1.82, 2.24) is 0 Å². The smallest absolute Gasteiger partial charge is 0.320 e. The monoisotopic (exact) mass is 209 g/mol. The van der Waals surface area contributed by atoms with Crippen molar-refractivity contribution in [2.75, 3.05) is 6.61 Å². The van der Waals surface area contributed by atoms with Crippen LogP contribution in [-0.4, -0.2) is 24.5 Å². The molecular formula is C8H11F2O4-. The van der Waals surface area contributed by atoms with Crippen LogP contribution in [-0.2, 0) is 14.3 Å². The molecule has 0 rings (SSSR count). The first-order chi connectivity index (χ1) is 6.07. The molecule has 0 unspecified atom stereocenters. The van der Waals surface area contributed by atoms with Crippen LogP contribution >= 0.6 is 0 Å². The van der Waals surface area contributed by atoms with Crippen molar-refractivity contribution in [2.45, 2.75) is 26.7 Å². The number of ether oxygens (including phenoxy) is 1. The summed E-state index contributed by atoms with van der Waals surface area (Å²) < 4.78 is 28.8. The van der Waals surface area contributed by atoms with Gasteiger partial charge in [-0.05, 0) is 20.8 Å². The molecule has 0 spiro atoms. The molecule has 6 heteroatoms. The van der Waals surface area contributed by atoms with Crippen molar-refractivity contribution in [3.63, 3.8) is 0 Å². The molecular weight excluding hydrogens is 198 g/mol. The highest BCUT2D eigenvalue weighted by Crippen LogP contribution is 2.18. The van der Waals surface area contributed by atoms with E-state index in [0.717, 1.165) is 0 Å². The SMILES string of the molecule is CC(C)(C)C(=O)OCC(F)(F)C(=O)[O-]. The first-order valence-corrected chi connectivity index (χ1v) is 3.84. The average Bonchev–Trinajstić information content (AvgIpc) is 1.98. The standard InChI is InChI=1S/C8H12F2O4/c1-7(2,3)6(13)14-4-8(9,10)5(11)12/h4H2,1-3H3,(H,11,12)/p-1. The van der Waals surface area contributed by atoms with E-state index in [1.165, 1.54) is 20.8 Å². The summed E-state index contributed by atoms with van der Waals surface area (Å²) in [6.07, 6.45) is 0. The van der Waals surface area contributed by atoms with Gasteiger partial charge in [-0.3, -0.25) is 4.79 Å². The number of carboxylic acid groups (broad SMARTS) is 1. The van der Waals surface area contributed by atoms with Crippen LogP contribution in [0.3, 0.4) is 0 Å². The highest BCUT2D eigenvalue weighted by atomic mass is 19.3. The second kappa shape index (κ2) is 3.89. The average molecular weight is 209 g/mol. The predicted octanol–water partition coefficient (Wildman–Crippen LogP) is -0.0391. The van der Waals surface area contributed by atoms with Crippen LogP contribution in [0.25, 0.3) is 0 Å². The van der Waals surface area contributed by atoms with E-state index in [2.05, 4.69) is 4.74 Å². The number of carboxylic acids is 1. The fourth-order valence-electron chi connectivity index (χ4n) is 0.432. The normalized spacial score (nSPS) is 12.4. The summed E-state index contributed by atoms with van der Waals surface area (Å²) in [5.41, 5.74) is -0.942. The van der Waals surface area contributed by atoms with E-state index in [1.54, 1.807) is 0 Å². The Morgan fingerprint density at radius 1 is 1.29 bits per heavy atom. The van der Waals surface area contributed by atoms with Crippen LogP contribution in [0.4, 0.5) is 8.78 Å². The largest absolute Gasteiger partial charge is 0.544 e. The zero-order chi connectivity index (χ0) is 11.6. The van der Waals surface area contributed by atoms with E-state index in [-0.39, 0.29) is 0 Å². The zero-order valence-electron chi connectivity index (χ0n) is 8.10. The van der Waals surface area contributed by atoms with Crippen LogP contribution in [0.5, 0.6) is 0 Å². The number of carbonyl (C=O) groups excluding carboxylic acids is 2. The molecule has 0 fully saturated rings. The Morgan fingerprint density at radius 3 is 2.00 bits per heavy atom. The van der Waals surface area contributed by atoms with Crippen molar-refractivity contribution < 1.29 is 28.2 Å². The van der Waals surface area contributed by atoms with Crippen molar-refractivity contribution >= 4 is 11.9 Å². The van der Waals surface area contributed by atoms with Crippen LogP contribution in [0, 0.1) is 5.41 Å². The number of carbonyl (C=O) groups is 2. The lowest BCUT2D eigenvalue weighted by Gasteiger charge is -2.21. The summed E-state index contributed by atoms with van der Waals surface area (Å²) >= 11 is 0. The highest BCUT2D eigenvalue weighted by molar-refractivity contribution is 5.77. The lowest BCUT2D eigenvalue weighted by molar-refractivity contribution is -0.331. The van der Waals surface area contributed by atoms with E-state index in [9.17, 15) is 23.5 Å². The van der Waals surface area contributed by atoms with Crippen molar-refractivity contribution in [2.24, 2.45) is 5.41 Å². The molecule has 0 amide bonds. The minimum absolute atomic E-state index is 0.890. The van der Waals surface area contributed by atoms with Gasteiger partial charge in [-0.1, -0.05) is 0 Å². The highest BCUT2D eigenvalue weighted by Gasteiger charge is 2.34. The van der Waals surface area contributed by atoms with Gasteiger partial charge < -0.3 is 14.6 Å². The van der Waals surface area contributed by atoms with Gasteiger partial charge in [-0.2, -0.15) is 8.78 Å². The molecule has 0 saturated carbocycles. The summed E-state index contributed by atoms with van der Waals surface area (Å²) in [5.74, 6) is -7.58. The molecule has 0 aliphatic carbocycles. The Kier molecular flexibility index (Phi) is 3.56. The van der Waals surface area contributed by atoms with Gasteiger partial charge in [-0.25, -0.2) is 0 Å². The quantitative estimate of drug-likeness (QED) is 0.612. The molecule has 82 valence electrons. The van der Waals surface area contributed by atoms with Gasteiger partial charge in [0.25, 0.3) is 0 Å². The van der Waals surface area contributed by atoms with Crippen LogP contribution < -0.4 is 5.11 Å². The topological polar surface area (TPSA) is 66.4 Å². The maximum Gasteiger partial charge on any atom is 0.320 e. The molecule has 0 aliphatic heterocycles. The van der Waals surface area contributed by atoms with Crippen LogP contribution in [0.15, 0.2) is 0 Å². The fourth-order valence-corrected chi connectivity index (χ4v) is 0.432. The van der Waals surface area contributed by atoms with E-state index < -0.39 is 29.9 Å². The number of rotatable bonds is 3. The maximum absolute atomic E-state index is 12.4. The molecule has 0 saturated heterocycles. The molecule has 0 aromatic rings. The molecule has 0 bridgehead atoms. The third kappa shape index (κ3) is 3.68. The minimum atomic E-state index is -4.14. The van der Waals surface area contributed by atoms with Crippen molar-refractivity contribution in [3.05, 3.63) is 0 Å². The first-order valence-electron chi connectivity index (χ1n) is 3.84. The molecule has 0 aliphatic rings.